The second kappa shape index (κ2) is 5.10. The molecular formula is C15H30N2O. The first kappa shape index (κ1) is 14.3. The molecule has 1 aliphatic heterocycles. The van der Waals surface area contributed by atoms with Crippen LogP contribution in [0.4, 0.5) is 0 Å². The van der Waals surface area contributed by atoms with Gasteiger partial charge in [0.1, 0.15) is 0 Å². The maximum absolute atomic E-state index is 10.3. The highest BCUT2D eigenvalue weighted by atomic mass is 16.3. The van der Waals surface area contributed by atoms with Crippen molar-refractivity contribution in [1.82, 2.24) is 9.80 Å². The van der Waals surface area contributed by atoms with Crippen molar-refractivity contribution in [1.29, 1.82) is 0 Å². The monoisotopic (exact) mass is 254 g/mol. The van der Waals surface area contributed by atoms with Gasteiger partial charge in [0.25, 0.3) is 0 Å². The first-order valence-electron chi connectivity index (χ1n) is 7.44. The number of aliphatic hydroxyl groups excluding tert-OH is 1. The van der Waals surface area contributed by atoms with Crippen molar-refractivity contribution < 1.29 is 5.11 Å². The fourth-order valence-corrected chi connectivity index (χ4v) is 3.62. The van der Waals surface area contributed by atoms with Crippen LogP contribution in [-0.2, 0) is 0 Å². The zero-order valence-corrected chi connectivity index (χ0v) is 12.7. The molecule has 3 nitrogen and oxygen atoms in total. The molecule has 1 saturated carbocycles. The highest BCUT2D eigenvalue weighted by Gasteiger charge is 2.40. The summed E-state index contributed by atoms with van der Waals surface area (Å²) in [6.45, 7) is 11.5. The van der Waals surface area contributed by atoms with Crippen LogP contribution < -0.4 is 0 Å². The first-order valence-corrected chi connectivity index (χ1v) is 7.44. The Kier molecular flexibility index (Phi) is 4.05. The predicted octanol–water partition coefficient (Wildman–Crippen LogP) is 1.95. The number of aliphatic hydroxyl groups is 1. The van der Waals surface area contributed by atoms with E-state index in [2.05, 4.69) is 44.5 Å². The average molecular weight is 254 g/mol. The van der Waals surface area contributed by atoms with E-state index in [0.29, 0.717) is 23.5 Å². The molecule has 0 aromatic heterocycles. The molecule has 3 heteroatoms. The fourth-order valence-electron chi connectivity index (χ4n) is 3.62. The summed E-state index contributed by atoms with van der Waals surface area (Å²) in [5.41, 5.74) is 0.389. The Morgan fingerprint density at radius 2 is 1.67 bits per heavy atom. The van der Waals surface area contributed by atoms with Crippen LogP contribution >= 0.6 is 0 Å². The SMILES string of the molecule is CC1CN(C2CC(C)(C)CCC2O)CC(C)N1C. The molecule has 2 rings (SSSR count). The zero-order valence-electron chi connectivity index (χ0n) is 12.7. The lowest BCUT2D eigenvalue weighted by Crippen LogP contribution is -2.61. The molecule has 18 heavy (non-hydrogen) atoms. The van der Waals surface area contributed by atoms with Crippen LogP contribution in [-0.4, -0.2) is 59.3 Å². The number of hydrogen-bond acceptors (Lipinski definition) is 3. The Labute approximate surface area is 112 Å². The Bertz CT molecular complexity index is 280. The van der Waals surface area contributed by atoms with Crippen LogP contribution in [0.3, 0.4) is 0 Å². The number of hydrogen-bond donors (Lipinski definition) is 1. The van der Waals surface area contributed by atoms with Crippen LogP contribution in [0.25, 0.3) is 0 Å². The number of nitrogens with zero attached hydrogens (tertiary/aromatic N) is 2. The lowest BCUT2D eigenvalue weighted by Gasteiger charge is -2.50. The van der Waals surface area contributed by atoms with E-state index < -0.39 is 0 Å². The van der Waals surface area contributed by atoms with Gasteiger partial charge in [0, 0.05) is 31.2 Å². The molecule has 106 valence electrons. The lowest BCUT2D eigenvalue weighted by molar-refractivity contribution is -0.0534. The maximum atomic E-state index is 10.3. The van der Waals surface area contributed by atoms with E-state index in [-0.39, 0.29) is 6.10 Å². The van der Waals surface area contributed by atoms with Crippen molar-refractivity contribution >= 4 is 0 Å². The molecular weight excluding hydrogens is 224 g/mol. The zero-order chi connectivity index (χ0) is 13.5. The summed E-state index contributed by atoms with van der Waals surface area (Å²) in [4.78, 5) is 5.00. The van der Waals surface area contributed by atoms with E-state index in [1.807, 2.05) is 0 Å². The minimum atomic E-state index is -0.124. The second-order valence-electron chi connectivity index (χ2n) is 7.36. The number of rotatable bonds is 1. The quantitative estimate of drug-likeness (QED) is 0.775. The third kappa shape index (κ3) is 2.89. The Balaban J connectivity index is 2.06. The minimum Gasteiger partial charge on any atom is -0.391 e. The van der Waals surface area contributed by atoms with Crippen LogP contribution in [0.15, 0.2) is 0 Å². The van der Waals surface area contributed by atoms with Gasteiger partial charge in [-0.2, -0.15) is 0 Å². The van der Waals surface area contributed by atoms with E-state index in [1.165, 1.54) is 0 Å². The van der Waals surface area contributed by atoms with Crippen LogP contribution in [0, 0.1) is 5.41 Å². The van der Waals surface area contributed by atoms with E-state index in [4.69, 9.17) is 0 Å². The van der Waals surface area contributed by atoms with Crippen molar-refractivity contribution in [2.24, 2.45) is 5.41 Å². The summed E-state index contributed by atoms with van der Waals surface area (Å²) in [5.74, 6) is 0. The molecule has 2 fully saturated rings. The van der Waals surface area contributed by atoms with Crippen molar-refractivity contribution in [3.05, 3.63) is 0 Å². The Hall–Kier alpha value is -0.120. The third-order valence-corrected chi connectivity index (χ3v) is 5.18. The van der Waals surface area contributed by atoms with Crippen LogP contribution in [0.1, 0.15) is 47.0 Å². The molecule has 0 aromatic rings. The summed E-state index contributed by atoms with van der Waals surface area (Å²) < 4.78 is 0. The van der Waals surface area contributed by atoms with Gasteiger partial charge in [0.2, 0.25) is 0 Å². The highest BCUT2D eigenvalue weighted by Crippen LogP contribution is 2.38. The van der Waals surface area contributed by atoms with E-state index in [1.54, 1.807) is 0 Å². The standard InChI is InChI=1S/C15H30N2O/c1-11-9-17(10-12(2)16(11)5)13-8-15(3,4)7-6-14(13)18/h11-14,18H,6-10H2,1-5H3. The predicted molar refractivity (Wildman–Crippen MR) is 75.7 cm³/mol. The molecule has 0 aromatic carbocycles. The van der Waals surface area contributed by atoms with Gasteiger partial charge in [-0.25, -0.2) is 0 Å². The van der Waals surface area contributed by atoms with Gasteiger partial charge in [0.05, 0.1) is 6.10 Å². The molecule has 1 heterocycles. The average Bonchev–Trinajstić information content (AvgIpc) is 2.28. The van der Waals surface area contributed by atoms with Gasteiger partial charge in [-0.3, -0.25) is 9.80 Å². The van der Waals surface area contributed by atoms with Gasteiger partial charge in [0.15, 0.2) is 0 Å². The summed E-state index contributed by atoms with van der Waals surface area (Å²) in [5, 5.41) is 10.3. The third-order valence-electron chi connectivity index (χ3n) is 5.18. The molecule has 1 aliphatic carbocycles. The Morgan fingerprint density at radius 1 is 1.11 bits per heavy atom. The first-order chi connectivity index (χ1) is 8.30. The smallest absolute Gasteiger partial charge is 0.0695 e. The minimum absolute atomic E-state index is 0.124. The van der Waals surface area contributed by atoms with E-state index in [9.17, 15) is 5.11 Å². The van der Waals surface area contributed by atoms with Crippen molar-refractivity contribution in [3.63, 3.8) is 0 Å². The summed E-state index contributed by atoms with van der Waals surface area (Å²) in [6.07, 6.45) is 3.13. The molecule has 4 atom stereocenters. The number of piperazine rings is 1. The molecule has 0 amide bonds. The normalized spacial score (nSPS) is 43.0. The summed E-state index contributed by atoms with van der Waals surface area (Å²) >= 11 is 0. The molecule has 4 unspecified atom stereocenters. The fraction of sp³-hybridized carbons (Fsp3) is 1.00. The Morgan fingerprint density at radius 3 is 2.22 bits per heavy atom. The van der Waals surface area contributed by atoms with Gasteiger partial charge < -0.3 is 5.11 Å². The molecule has 0 bridgehead atoms. The highest BCUT2D eigenvalue weighted by molar-refractivity contribution is 4.94. The van der Waals surface area contributed by atoms with Crippen molar-refractivity contribution in [2.45, 2.75) is 71.2 Å². The molecule has 1 N–H and O–H groups in total. The molecule has 2 aliphatic rings. The van der Waals surface area contributed by atoms with Crippen LogP contribution in [0.5, 0.6) is 0 Å². The summed E-state index contributed by atoms with van der Waals surface area (Å²) in [7, 11) is 2.22. The lowest BCUT2D eigenvalue weighted by atomic mass is 9.73. The second-order valence-corrected chi connectivity index (χ2v) is 7.36. The van der Waals surface area contributed by atoms with Gasteiger partial charge in [-0.1, -0.05) is 13.8 Å². The van der Waals surface area contributed by atoms with Crippen molar-refractivity contribution in [3.8, 4) is 0 Å². The topological polar surface area (TPSA) is 26.7 Å². The summed E-state index contributed by atoms with van der Waals surface area (Å²) in [6, 6.07) is 1.55. The molecule has 1 saturated heterocycles. The number of likely N-dealkylation sites (N-methyl/N-ethyl adjacent to an activating group) is 1. The van der Waals surface area contributed by atoms with Gasteiger partial charge in [-0.05, 0) is 45.6 Å². The molecule has 0 radical (unpaired) electrons. The van der Waals surface area contributed by atoms with Crippen LogP contribution in [0.2, 0.25) is 0 Å². The van der Waals surface area contributed by atoms with Gasteiger partial charge in [-0.15, -0.1) is 0 Å². The maximum Gasteiger partial charge on any atom is 0.0695 e. The van der Waals surface area contributed by atoms with E-state index >= 15 is 0 Å². The van der Waals surface area contributed by atoms with E-state index in [0.717, 1.165) is 32.4 Å². The molecule has 0 spiro atoms. The van der Waals surface area contributed by atoms with Gasteiger partial charge >= 0.3 is 0 Å². The largest absolute Gasteiger partial charge is 0.391 e. The van der Waals surface area contributed by atoms with Crippen molar-refractivity contribution in [2.75, 3.05) is 20.1 Å².